The van der Waals surface area contributed by atoms with Gasteiger partial charge in [-0.05, 0) is 17.9 Å². The molecule has 7 heteroatoms. The van der Waals surface area contributed by atoms with Gasteiger partial charge in [0.1, 0.15) is 11.5 Å². The van der Waals surface area contributed by atoms with E-state index in [1.807, 2.05) is 6.92 Å². The van der Waals surface area contributed by atoms with Gasteiger partial charge in [0.15, 0.2) is 5.69 Å². The van der Waals surface area contributed by atoms with Gasteiger partial charge in [-0.25, -0.2) is 14.8 Å². The first-order valence-electron chi connectivity index (χ1n) is 6.26. The normalized spacial score (nSPS) is 10.3. The van der Waals surface area contributed by atoms with Crippen molar-refractivity contribution in [1.82, 2.24) is 15.0 Å². The molecule has 2 aromatic rings. The second-order valence-electron chi connectivity index (χ2n) is 4.03. The third-order valence-electron chi connectivity index (χ3n) is 2.62. The molecular formula is C14H13N3O3S. The van der Waals surface area contributed by atoms with Crippen molar-refractivity contribution in [2.45, 2.75) is 12.7 Å². The molecule has 0 unspecified atom stereocenters. The third kappa shape index (κ3) is 3.63. The summed E-state index contributed by atoms with van der Waals surface area (Å²) in [5, 5.41) is 9.24. The number of carbonyl (C=O) groups is 2. The first-order chi connectivity index (χ1) is 10.1. The molecule has 0 spiro atoms. The summed E-state index contributed by atoms with van der Waals surface area (Å²) in [4.78, 5) is 35.6. The van der Waals surface area contributed by atoms with Crippen LogP contribution in [0.15, 0.2) is 30.6 Å². The van der Waals surface area contributed by atoms with E-state index in [1.165, 1.54) is 18.5 Å². The quantitative estimate of drug-likeness (QED) is 0.816. The minimum absolute atomic E-state index is 0.0496. The molecule has 0 aromatic carbocycles. The van der Waals surface area contributed by atoms with Crippen LogP contribution in [0.1, 0.15) is 39.3 Å². The lowest BCUT2D eigenvalue weighted by Gasteiger charge is -2.06. The Balaban J connectivity index is 2.39. The van der Waals surface area contributed by atoms with Gasteiger partial charge >= 0.3 is 5.97 Å². The minimum atomic E-state index is -1.25. The molecule has 0 atom stereocenters. The fourth-order valence-corrected chi connectivity index (χ4v) is 2.17. The number of ketones is 1. The number of thioether (sulfide) groups is 1. The van der Waals surface area contributed by atoms with Crippen molar-refractivity contribution in [1.29, 1.82) is 0 Å². The zero-order valence-electron chi connectivity index (χ0n) is 11.3. The van der Waals surface area contributed by atoms with Crippen LogP contribution >= 0.6 is 11.8 Å². The van der Waals surface area contributed by atoms with Gasteiger partial charge in [-0.1, -0.05) is 13.0 Å². The molecule has 2 heterocycles. The van der Waals surface area contributed by atoms with Crippen LogP contribution in [0, 0.1) is 0 Å². The molecule has 0 aliphatic rings. The molecular weight excluding hydrogens is 290 g/mol. The van der Waals surface area contributed by atoms with Crippen LogP contribution in [0.4, 0.5) is 0 Å². The average molecular weight is 303 g/mol. The molecule has 2 rings (SSSR count). The van der Waals surface area contributed by atoms with Crippen molar-refractivity contribution in [3.05, 3.63) is 53.4 Å². The Morgan fingerprint density at radius 3 is 2.71 bits per heavy atom. The molecule has 0 saturated heterocycles. The maximum absolute atomic E-state index is 12.3. The largest absolute Gasteiger partial charge is 0.476 e. The SMILES string of the molecule is CCSCc1ncc(C(=O)c2ccccn2)c(C(=O)O)n1. The summed E-state index contributed by atoms with van der Waals surface area (Å²) >= 11 is 1.58. The van der Waals surface area contributed by atoms with E-state index >= 15 is 0 Å². The summed E-state index contributed by atoms with van der Waals surface area (Å²) in [6.45, 7) is 1.99. The van der Waals surface area contributed by atoms with Crippen LogP contribution in [0.5, 0.6) is 0 Å². The van der Waals surface area contributed by atoms with Crippen molar-refractivity contribution in [2.75, 3.05) is 5.75 Å². The van der Waals surface area contributed by atoms with Crippen LogP contribution in [0.3, 0.4) is 0 Å². The number of hydrogen-bond donors (Lipinski definition) is 1. The molecule has 0 saturated carbocycles. The van der Waals surface area contributed by atoms with Gasteiger partial charge in [-0.15, -0.1) is 0 Å². The van der Waals surface area contributed by atoms with E-state index in [-0.39, 0.29) is 17.0 Å². The van der Waals surface area contributed by atoms with Crippen LogP contribution in [-0.4, -0.2) is 37.6 Å². The lowest BCUT2D eigenvalue weighted by atomic mass is 10.1. The molecule has 0 radical (unpaired) electrons. The fourth-order valence-electron chi connectivity index (χ4n) is 1.65. The summed E-state index contributed by atoms with van der Waals surface area (Å²) in [6, 6.07) is 4.86. The summed E-state index contributed by atoms with van der Waals surface area (Å²) < 4.78 is 0. The van der Waals surface area contributed by atoms with E-state index in [0.29, 0.717) is 11.6 Å². The highest BCUT2D eigenvalue weighted by Gasteiger charge is 2.21. The molecule has 0 aliphatic carbocycles. The molecule has 2 aromatic heterocycles. The number of nitrogens with zero attached hydrogens (tertiary/aromatic N) is 3. The number of carboxylic acid groups (broad SMARTS) is 1. The zero-order chi connectivity index (χ0) is 15.2. The Hall–Kier alpha value is -2.28. The Morgan fingerprint density at radius 1 is 1.29 bits per heavy atom. The maximum Gasteiger partial charge on any atom is 0.355 e. The zero-order valence-corrected chi connectivity index (χ0v) is 12.1. The van der Waals surface area contributed by atoms with Crippen LogP contribution in [-0.2, 0) is 5.75 Å². The van der Waals surface area contributed by atoms with Gasteiger partial charge in [0.25, 0.3) is 0 Å². The van der Waals surface area contributed by atoms with Crippen LogP contribution in [0.25, 0.3) is 0 Å². The van der Waals surface area contributed by atoms with Gasteiger partial charge in [-0.2, -0.15) is 11.8 Å². The maximum atomic E-state index is 12.3. The predicted octanol–water partition coefficient (Wildman–Crippen LogP) is 2.05. The standard InChI is InChI=1S/C14H13N3O3S/c1-2-21-8-11-16-7-9(12(17-11)14(19)20)13(18)10-5-3-4-6-15-10/h3-7H,2,8H2,1H3,(H,19,20). The number of aromatic nitrogens is 3. The molecule has 0 fully saturated rings. The Kier molecular flexibility index (Phi) is 4.99. The molecule has 0 aliphatic heterocycles. The fraction of sp³-hybridized carbons (Fsp3) is 0.214. The Labute approximate surface area is 125 Å². The van der Waals surface area contributed by atoms with Gasteiger partial charge in [0.2, 0.25) is 5.78 Å². The van der Waals surface area contributed by atoms with E-state index in [4.69, 9.17) is 0 Å². The van der Waals surface area contributed by atoms with E-state index < -0.39 is 11.8 Å². The van der Waals surface area contributed by atoms with Crippen LogP contribution in [0.2, 0.25) is 0 Å². The average Bonchev–Trinajstić information content (AvgIpc) is 2.52. The predicted molar refractivity (Wildman–Crippen MR) is 78.5 cm³/mol. The molecule has 0 amide bonds. The van der Waals surface area contributed by atoms with Crippen molar-refractivity contribution >= 4 is 23.5 Å². The first kappa shape index (κ1) is 15.1. The number of hydrogen-bond acceptors (Lipinski definition) is 6. The van der Waals surface area contributed by atoms with E-state index in [2.05, 4.69) is 15.0 Å². The number of pyridine rings is 1. The minimum Gasteiger partial charge on any atom is -0.476 e. The highest BCUT2D eigenvalue weighted by molar-refractivity contribution is 7.98. The van der Waals surface area contributed by atoms with Gasteiger partial charge in [0, 0.05) is 12.4 Å². The van der Waals surface area contributed by atoms with E-state index in [0.717, 1.165) is 5.75 Å². The summed E-state index contributed by atoms with van der Waals surface area (Å²) in [6.07, 6.45) is 2.74. The van der Waals surface area contributed by atoms with Gasteiger partial charge in [0.05, 0.1) is 11.3 Å². The highest BCUT2D eigenvalue weighted by atomic mass is 32.2. The topological polar surface area (TPSA) is 93.0 Å². The monoisotopic (exact) mass is 303 g/mol. The smallest absolute Gasteiger partial charge is 0.355 e. The van der Waals surface area contributed by atoms with E-state index in [1.54, 1.807) is 23.9 Å². The van der Waals surface area contributed by atoms with Crippen molar-refractivity contribution in [2.24, 2.45) is 0 Å². The molecule has 21 heavy (non-hydrogen) atoms. The summed E-state index contributed by atoms with van der Waals surface area (Å²) in [7, 11) is 0. The second kappa shape index (κ2) is 6.94. The van der Waals surface area contributed by atoms with Gasteiger partial charge in [-0.3, -0.25) is 9.78 Å². The number of carboxylic acids is 1. The summed E-state index contributed by atoms with van der Waals surface area (Å²) in [5.41, 5.74) is -0.168. The van der Waals surface area contributed by atoms with Crippen molar-refractivity contribution < 1.29 is 14.7 Å². The molecule has 6 nitrogen and oxygen atoms in total. The molecule has 108 valence electrons. The van der Waals surface area contributed by atoms with Crippen molar-refractivity contribution in [3.63, 3.8) is 0 Å². The van der Waals surface area contributed by atoms with E-state index in [9.17, 15) is 14.7 Å². The number of rotatable bonds is 6. The molecule has 1 N–H and O–H groups in total. The van der Waals surface area contributed by atoms with Crippen molar-refractivity contribution in [3.8, 4) is 0 Å². The third-order valence-corrected chi connectivity index (χ3v) is 3.49. The highest BCUT2D eigenvalue weighted by Crippen LogP contribution is 2.14. The lowest BCUT2D eigenvalue weighted by molar-refractivity contribution is 0.0685. The Bertz CT molecular complexity index is 662. The lowest BCUT2D eigenvalue weighted by Crippen LogP contribution is -2.15. The second-order valence-corrected chi connectivity index (χ2v) is 5.31. The first-order valence-corrected chi connectivity index (χ1v) is 7.41. The summed E-state index contributed by atoms with van der Waals surface area (Å²) in [5.74, 6) is 0.0359. The number of aromatic carboxylic acids is 1. The van der Waals surface area contributed by atoms with Gasteiger partial charge < -0.3 is 5.11 Å². The number of carbonyl (C=O) groups excluding carboxylic acids is 1. The Morgan fingerprint density at radius 2 is 2.10 bits per heavy atom. The molecule has 0 bridgehead atoms. The van der Waals surface area contributed by atoms with Crippen LogP contribution < -0.4 is 0 Å².